The van der Waals surface area contributed by atoms with Crippen LogP contribution in [0.2, 0.25) is 5.02 Å². The quantitative estimate of drug-likeness (QED) is 0.941. The molecule has 0 saturated carbocycles. The van der Waals surface area contributed by atoms with Crippen molar-refractivity contribution in [1.82, 2.24) is 9.88 Å². The lowest BCUT2D eigenvalue weighted by atomic mass is 10.0. The molecule has 0 aliphatic carbocycles. The highest BCUT2D eigenvalue weighted by Gasteiger charge is 2.34. The van der Waals surface area contributed by atoms with Crippen molar-refractivity contribution in [3.8, 4) is 0 Å². The molecule has 1 aromatic carbocycles. The normalized spacial score (nSPS) is 22.2. The third-order valence-corrected chi connectivity index (χ3v) is 4.08. The summed E-state index contributed by atoms with van der Waals surface area (Å²) in [5.74, 6) is -0.947. The fraction of sp³-hybridized carbons (Fsp3) is 0.312. The van der Waals surface area contributed by atoms with Gasteiger partial charge in [0.15, 0.2) is 0 Å². The Morgan fingerprint density at radius 1 is 1.27 bits per heavy atom. The van der Waals surface area contributed by atoms with Gasteiger partial charge in [-0.15, -0.1) is 0 Å². The molecular weight excluding hydrogens is 310 g/mol. The van der Waals surface area contributed by atoms with E-state index in [4.69, 9.17) is 11.6 Å². The molecule has 1 aromatic heterocycles. The van der Waals surface area contributed by atoms with Gasteiger partial charge >= 0.3 is 0 Å². The van der Waals surface area contributed by atoms with Crippen LogP contribution in [-0.2, 0) is 6.54 Å². The summed E-state index contributed by atoms with van der Waals surface area (Å²) in [5.41, 5.74) is 1.03. The first-order valence-corrected chi connectivity index (χ1v) is 7.38. The van der Waals surface area contributed by atoms with Crippen molar-refractivity contribution < 1.29 is 13.9 Å². The van der Waals surface area contributed by atoms with Crippen LogP contribution in [0, 0.1) is 11.6 Å². The Hall–Kier alpha value is -1.56. The molecule has 6 heteroatoms. The molecule has 1 saturated heterocycles. The number of hydrogen-bond acceptors (Lipinski definition) is 3. The fourth-order valence-corrected chi connectivity index (χ4v) is 2.97. The van der Waals surface area contributed by atoms with Gasteiger partial charge in [-0.05, 0) is 36.8 Å². The van der Waals surface area contributed by atoms with Gasteiger partial charge in [-0.1, -0.05) is 11.6 Å². The zero-order valence-corrected chi connectivity index (χ0v) is 12.5. The van der Waals surface area contributed by atoms with E-state index in [-0.39, 0.29) is 11.6 Å². The maximum Gasteiger partial charge on any atom is 0.128 e. The predicted molar refractivity (Wildman–Crippen MR) is 79.4 cm³/mol. The Morgan fingerprint density at radius 2 is 2.09 bits per heavy atom. The summed E-state index contributed by atoms with van der Waals surface area (Å²) in [6, 6.07) is 6.55. The van der Waals surface area contributed by atoms with E-state index in [1.54, 1.807) is 18.3 Å². The zero-order chi connectivity index (χ0) is 15.7. The van der Waals surface area contributed by atoms with E-state index >= 15 is 0 Å². The Morgan fingerprint density at radius 3 is 2.82 bits per heavy atom. The molecule has 0 radical (unpaired) electrons. The van der Waals surface area contributed by atoms with Gasteiger partial charge in [-0.25, -0.2) is 8.78 Å². The van der Waals surface area contributed by atoms with Crippen molar-refractivity contribution in [3.05, 3.63) is 64.4 Å². The number of β-amino-alcohol motifs (C(OH)–C–C–N with tert-alkyl or cyclic N) is 1. The minimum absolute atomic E-state index is 0.269. The number of nitrogens with zero attached hydrogens (tertiary/aromatic N) is 2. The Labute approximate surface area is 132 Å². The molecule has 116 valence electrons. The van der Waals surface area contributed by atoms with Gasteiger partial charge in [0.05, 0.1) is 16.8 Å². The highest BCUT2D eigenvalue weighted by Crippen LogP contribution is 2.34. The Kier molecular flexibility index (Phi) is 4.38. The molecule has 22 heavy (non-hydrogen) atoms. The molecular formula is C16H15ClF2N2O. The summed E-state index contributed by atoms with van der Waals surface area (Å²) in [7, 11) is 0. The maximum absolute atomic E-state index is 14.0. The van der Waals surface area contributed by atoms with Crippen LogP contribution in [0.25, 0.3) is 0 Å². The standard InChI is InChI=1S/C16H15ClF2N2O/c17-10-1-3-12(20-7-10)8-21-9-13(22)6-16(21)14-5-11(18)2-4-15(14)19/h1-5,7,13,16,22H,6,8-9H2. The number of benzene rings is 1. The lowest BCUT2D eigenvalue weighted by Gasteiger charge is -2.24. The van der Waals surface area contributed by atoms with E-state index in [2.05, 4.69) is 4.98 Å². The molecule has 2 unspecified atom stereocenters. The molecule has 2 heterocycles. The molecule has 3 nitrogen and oxygen atoms in total. The smallest absolute Gasteiger partial charge is 0.128 e. The minimum atomic E-state index is -0.569. The van der Waals surface area contributed by atoms with Gasteiger partial charge < -0.3 is 5.11 Å². The van der Waals surface area contributed by atoms with Crippen molar-refractivity contribution in [2.24, 2.45) is 0 Å². The van der Waals surface area contributed by atoms with Gasteiger partial charge in [0.1, 0.15) is 11.6 Å². The first-order valence-electron chi connectivity index (χ1n) is 7.00. The summed E-state index contributed by atoms with van der Waals surface area (Å²) in [6.45, 7) is 0.833. The van der Waals surface area contributed by atoms with Gasteiger partial charge in [0.25, 0.3) is 0 Å². The molecule has 1 N–H and O–H groups in total. The molecule has 1 aliphatic heterocycles. The summed E-state index contributed by atoms with van der Waals surface area (Å²) >= 11 is 5.81. The summed E-state index contributed by atoms with van der Waals surface area (Å²) < 4.78 is 27.4. The SMILES string of the molecule is OC1CC(c2cc(F)ccc2F)N(Cc2ccc(Cl)cn2)C1. The van der Waals surface area contributed by atoms with Crippen LogP contribution in [0.3, 0.4) is 0 Å². The molecule has 0 spiro atoms. The third kappa shape index (κ3) is 3.27. The van der Waals surface area contributed by atoms with Gasteiger partial charge in [-0.2, -0.15) is 0 Å². The van der Waals surface area contributed by atoms with Crippen LogP contribution in [0.4, 0.5) is 8.78 Å². The van der Waals surface area contributed by atoms with Crippen LogP contribution >= 0.6 is 11.6 Å². The average Bonchev–Trinajstić information content (AvgIpc) is 2.84. The molecule has 0 amide bonds. The van der Waals surface area contributed by atoms with Crippen molar-refractivity contribution in [3.63, 3.8) is 0 Å². The zero-order valence-electron chi connectivity index (χ0n) is 11.7. The van der Waals surface area contributed by atoms with Gasteiger partial charge in [0, 0.05) is 30.9 Å². The number of hydrogen-bond donors (Lipinski definition) is 1. The first-order chi connectivity index (χ1) is 10.5. The third-order valence-electron chi connectivity index (χ3n) is 3.85. The topological polar surface area (TPSA) is 36.4 Å². The van der Waals surface area contributed by atoms with Crippen LogP contribution in [0.15, 0.2) is 36.5 Å². The first kappa shape index (κ1) is 15.3. The average molecular weight is 325 g/mol. The molecule has 2 aromatic rings. The number of likely N-dealkylation sites (tertiary alicyclic amines) is 1. The van der Waals surface area contributed by atoms with Gasteiger partial charge in [-0.3, -0.25) is 9.88 Å². The maximum atomic E-state index is 14.0. The van der Waals surface area contributed by atoms with E-state index in [1.165, 1.54) is 6.07 Å². The van der Waals surface area contributed by atoms with E-state index in [0.717, 1.165) is 17.8 Å². The lowest BCUT2D eigenvalue weighted by molar-refractivity contribution is 0.172. The number of aromatic nitrogens is 1. The fourth-order valence-electron chi connectivity index (χ4n) is 2.86. The summed E-state index contributed by atoms with van der Waals surface area (Å²) in [4.78, 5) is 6.11. The second kappa shape index (κ2) is 6.28. The van der Waals surface area contributed by atoms with Crippen molar-refractivity contribution >= 4 is 11.6 Å². The minimum Gasteiger partial charge on any atom is -0.392 e. The Bertz CT molecular complexity index is 666. The molecule has 3 rings (SSSR count). The van der Waals surface area contributed by atoms with Crippen LogP contribution in [0.1, 0.15) is 23.7 Å². The van der Waals surface area contributed by atoms with Crippen LogP contribution < -0.4 is 0 Å². The second-order valence-electron chi connectivity index (χ2n) is 5.47. The van der Waals surface area contributed by atoms with E-state index in [1.807, 2.05) is 4.90 Å². The molecule has 0 bridgehead atoms. The highest BCUT2D eigenvalue weighted by atomic mass is 35.5. The lowest BCUT2D eigenvalue weighted by Crippen LogP contribution is -2.25. The summed E-state index contributed by atoms with van der Waals surface area (Å²) in [6.07, 6.45) is 1.34. The Balaban J connectivity index is 1.85. The number of pyridine rings is 1. The monoisotopic (exact) mass is 324 g/mol. The molecule has 1 fully saturated rings. The number of rotatable bonds is 3. The number of aliphatic hydroxyl groups excluding tert-OH is 1. The van der Waals surface area contributed by atoms with Crippen molar-refractivity contribution in [1.29, 1.82) is 0 Å². The largest absolute Gasteiger partial charge is 0.392 e. The van der Waals surface area contributed by atoms with Crippen LogP contribution in [-0.4, -0.2) is 27.6 Å². The molecule has 2 atom stereocenters. The van der Waals surface area contributed by atoms with Crippen LogP contribution in [0.5, 0.6) is 0 Å². The van der Waals surface area contributed by atoms with E-state index in [9.17, 15) is 13.9 Å². The summed E-state index contributed by atoms with van der Waals surface area (Å²) in [5, 5.41) is 10.5. The van der Waals surface area contributed by atoms with Gasteiger partial charge in [0.2, 0.25) is 0 Å². The molecule has 1 aliphatic rings. The number of halogens is 3. The second-order valence-corrected chi connectivity index (χ2v) is 5.90. The predicted octanol–water partition coefficient (Wildman–Crippen LogP) is 3.32. The van der Waals surface area contributed by atoms with Crippen molar-refractivity contribution in [2.75, 3.05) is 6.54 Å². The van der Waals surface area contributed by atoms with E-state index < -0.39 is 17.7 Å². The van der Waals surface area contributed by atoms with Crippen molar-refractivity contribution in [2.45, 2.75) is 25.1 Å². The number of aliphatic hydroxyl groups is 1. The highest BCUT2D eigenvalue weighted by molar-refractivity contribution is 6.30. The van der Waals surface area contributed by atoms with E-state index in [0.29, 0.717) is 24.5 Å².